The van der Waals surface area contributed by atoms with E-state index in [9.17, 15) is 49.2 Å². The zero-order valence-electron chi connectivity index (χ0n) is 47.9. The number of carbonyl (C=O) groups is 4. The van der Waals surface area contributed by atoms with Crippen LogP contribution >= 0.6 is 23.4 Å². The molecule has 2 atom stereocenters. The molecule has 3 saturated heterocycles. The van der Waals surface area contributed by atoms with E-state index in [0.29, 0.717) is 99.1 Å². The number of amides is 4. The fraction of sp³-hybridized carbons (Fsp3) is 0.419. The Hall–Kier alpha value is -6.47. The number of rotatable bonds is 21. The Morgan fingerprint density at radius 3 is 2.19 bits per heavy atom. The minimum atomic E-state index is -6.14. The summed E-state index contributed by atoms with van der Waals surface area (Å²) in [6.07, 6.45) is 3.88. The van der Waals surface area contributed by atoms with E-state index in [-0.39, 0.29) is 42.2 Å². The highest BCUT2D eigenvalue weighted by Crippen LogP contribution is 2.43. The van der Waals surface area contributed by atoms with Crippen molar-refractivity contribution in [1.82, 2.24) is 29.6 Å². The molecule has 3 N–H and O–H groups in total. The van der Waals surface area contributed by atoms with Crippen LogP contribution < -0.4 is 25.0 Å². The lowest BCUT2D eigenvalue weighted by Gasteiger charge is -2.39. The zero-order chi connectivity index (χ0) is 61.0. The molecule has 3 fully saturated rings. The fourth-order valence-electron chi connectivity index (χ4n) is 11.9. The highest BCUT2D eigenvalue weighted by molar-refractivity contribution is 7.99. The van der Waals surface area contributed by atoms with E-state index in [1.807, 2.05) is 47.2 Å². The number of benzene rings is 5. The van der Waals surface area contributed by atoms with Crippen LogP contribution in [0, 0.1) is 5.41 Å². The molecule has 24 heteroatoms. The molecule has 86 heavy (non-hydrogen) atoms. The van der Waals surface area contributed by atoms with Gasteiger partial charge in [-0.05, 0) is 128 Å². The molecule has 458 valence electrons. The highest BCUT2D eigenvalue weighted by atomic mass is 35.5. The quantitative estimate of drug-likeness (QED) is 0.0465. The van der Waals surface area contributed by atoms with Crippen LogP contribution in [-0.4, -0.2) is 162 Å². The van der Waals surface area contributed by atoms with Crippen LogP contribution in [0.5, 0.6) is 5.75 Å². The molecular formula is C62H70ClF3N8O9S3. The Bertz CT molecular complexity index is 3580. The standard InChI is InChI=1S/C62H70ClF3N8O9S3/c1-61(2)25-23-50(42-11-15-45(63)16-12-42)44(38-61)39-72-31-33-73(34-32-72)47-17-13-43(14-18-47)58(76)69-86(81,82)49-19-20-53(56(37-49)85(79,80)62(64,65)66)67-46(41-84-48-7-4-3-5-8-48)24-26-70-27-29-71(30-28-70)35-36-83-55-10-6-9-51-52(55)40-74(60(51)78)54-21-22-57(75)68-59(54)77/h3-20,37,46,54,67H,21-36,38-41H2,1-2H3,(H,69,76)(H,68,75,77)/t46-,54?/m1/s1. The summed E-state index contributed by atoms with van der Waals surface area (Å²) < 4.78 is 106. The predicted octanol–water partition coefficient (Wildman–Crippen LogP) is 8.96. The number of nitrogens with zero attached hydrogens (tertiary/aromatic N) is 5. The molecule has 5 aromatic rings. The number of anilines is 2. The first-order valence-electron chi connectivity index (χ1n) is 28.9. The lowest BCUT2D eigenvalue weighted by Crippen LogP contribution is -2.52. The summed E-state index contributed by atoms with van der Waals surface area (Å²) in [6, 6.07) is 30.0. The molecule has 17 nitrogen and oxygen atoms in total. The molecular weight excluding hydrogens is 1190 g/mol. The molecule has 1 unspecified atom stereocenters. The number of hydrogen-bond donors (Lipinski definition) is 3. The number of sulfonamides is 1. The second kappa shape index (κ2) is 26.5. The van der Waals surface area contributed by atoms with E-state index >= 15 is 0 Å². The SMILES string of the molecule is CC1(C)CCC(c2ccc(Cl)cc2)=C(CN2CCN(c3ccc(C(=O)NS(=O)(=O)c4ccc(N[C@H](CCN5CCN(CCOc6cccc7c6CN(C6CCC(=O)NC6=O)C7=O)CC5)CSc5ccccc5)c(S(=O)(=O)C(F)(F)F)c4)cc3)CC2)C1. The van der Waals surface area contributed by atoms with Crippen LogP contribution in [0.15, 0.2) is 136 Å². The minimum Gasteiger partial charge on any atom is -0.492 e. The molecule has 0 bridgehead atoms. The third-order valence-corrected chi connectivity index (χ3v) is 21.0. The second-order valence-corrected chi connectivity index (χ2v) is 28.4. The molecule has 0 radical (unpaired) electrons. The van der Waals surface area contributed by atoms with Crippen molar-refractivity contribution in [3.63, 3.8) is 0 Å². The average Bonchev–Trinajstić information content (AvgIpc) is 1.52. The van der Waals surface area contributed by atoms with Crippen molar-refractivity contribution in [3.8, 4) is 5.75 Å². The number of alkyl halides is 3. The average molecular weight is 1260 g/mol. The van der Waals surface area contributed by atoms with Gasteiger partial charge in [-0.15, -0.1) is 11.8 Å². The maximum atomic E-state index is 14.5. The molecule has 0 spiro atoms. The van der Waals surface area contributed by atoms with E-state index in [1.165, 1.54) is 45.5 Å². The largest absolute Gasteiger partial charge is 0.501 e. The van der Waals surface area contributed by atoms with Gasteiger partial charge >= 0.3 is 5.51 Å². The first-order chi connectivity index (χ1) is 41.0. The summed E-state index contributed by atoms with van der Waals surface area (Å²) >= 11 is 7.64. The van der Waals surface area contributed by atoms with Gasteiger partial charge in [-0.2, -0.15) is 13.2 Å². The number of hydrogen-bond acceptors (Lipinski definition) is 15. The van der Waals surface area contributed by atoms with Crippen molar-refractivity contribution in [3.05, 3.63) is 148 Å². The number of nitrogens with one attached hydrogen (secondary N) is 3. The van der Waals surface area contributed by atoms with Crippen LogP contribution in [0.1, 0.15) is 84.2 Å². The van der Waals surface area contributed by atoms with Gasteiger partial charge in [-0.25, -0.2) is 21.6 Å². The third-order valence-electron chi connectivity index (χ3n) is 16.7. The summed E-state index contributed by atoms with van der Waals surface area (Å²) in [5.74, 6) is -1.34. The number of imide groups is 1. The number of allylic oxidation sites excluding steroid dienone is 1. The van der Waals surface area contributed by atoms with Crippen molar-refractivity contribution in [2.45, 2.75) is 91.2 Å². The van der Waals surface area contributed by atoms with E-state index in [4.69, 9.17) is 16.3 Å². The Morgan fingerprint density at radius 2 is 1.50 bits per heavy atom. The highest BCUT2D eigenvalue weighted by Gasteiger charge is 2.49. The van der Waals surface area contributed by atoms with Crippen LogP contribution in [0.2, 0.25) is 5.02 Å². The first-order valence-corrected chi connectivity index (χ1v) is 33.2. The Kier molecular flexibility index (Phi) is 19.3. The van der Waals surface area contributed by atoms with Gasteiger partial charge in [0.2, 0.25) is 11.8 Å². The lowest BCUT2D eigenvalue weighted by molar-refractivity contribution is -0.136. The van der Waals surface area contributed by atoms with Gasteiger partial charge in [-0.1, -0.05) is 67.4 Å². The zero-order valence-corrected chi connectivity index (χ0v) is 51.1. The van der Waals surface area contributed by atoms with E-state index < -0.39 is 64.7 Å². The molecule has 1 aliphatic carbocycles. The number of thioether (sulfide) groups is 1. The van der Waals surface area contributed by atoms with Crippen molar-refractivity contribution in [1.29, 1.82) is 0 Å². The number of carbonyl (C=O) groups excluding carboxylic acids is 4. The summed E-state index contributed by atoms with van der Waals surface area (Å²) in [6.45, 7) is 12.7. The molecule has 0 aromatic heterocycles. The number of piperidine rings is 1. The number of piperazine rings is 2. The number of ether oxygens (including phenoxy) is 1. The maximum Gasteiger partial charge on any atom is 0.501 e. The Morgan fingerprint density at radius 1 is 0.814 bits per heavy atom. The van der Waals surface area contributed by atoms with Crippen LogP contribution in [0.3, 0.4) is 0 Å². The molecule has 4 heterocycles. The van der Waals surface area contributed by atoms with E-state index in [1.54, 1.807) is 30.3 Å². The van der Waals surface area contributed by atoms with Crippen molar-refractivity contribution < 1.29 is 53.9 Å². The lowest BCUT2D eigenvalue weighted by atomic mass is 9.73. The summed E-state index contributed by atoms with van der Waals surface area (Å²) in [5.41, 5.74) is -0.0804. The van der Waals surface area contributed by atoms with Gasteiger partial charge in [0.15, 0.2) is 0 Å². The molecule has 10 rings (SSSR count). The van der Waals surface area contributed by atoms with Gasteiger partial charge in [0.05, 0.1) is 17.1 Å². The van der Waals surface area contributed by atoms with Gasteiger partial charge in [-0.3, -0.25) is 34.3 Å². The van der Waals surface area contributed by atoms with Gasteiger partial charge < -0.3 is 24.8 Å². The molecule has 4 amide bonds. The molecule has 0 saturated carbocycles. The fourth-order valence-corrected chi connectivity index (χ4v) is 15.0. The van der Waals surface area contributed by atoms with E-state index in [2.05, 4.69) is 56.2 Å². The van der Waals surface area contributed by atoms with Gasteiger partial charge in [0.1, 0.15) is 23.3 Å². The van der Waals surface area contributed by atoms with Crippen molar-refractivity contribution >= 4 is 83.8 Å². The normalized spacial score (nSPS) is 19.5. The van der Waals surface area contributed by atoms with Crippen LogP contribution in [0.4, 0.5) is 24.5 Å². The monoisotopic (exact) mass is 1260 g/mol. The van der Waals surface area contributed by atoms with Crippen molar-refractivity contribution in [2.24, 2.45) is 5.41 Å². The van der Waals surface area contributed by atoms with Crippen LogP contribution in [-0.2, 0) is 36.0 Å². The Labute approximate surface area is 509 Å². The Balaban J connectivity index is 0.749. The molecule has 5 aliphatic rings. The summed E-state index contributed by atoms with van der Waals surface area (Å²) in [7, 11) is -11.1. The minimum absolute atomic E-state index is 0.0264. The summed E-state index contributed by atoms with van der Waals surface area (Å²) in [4.78, 5) is 60.5. The predicted molar refractivity (Wildman–Crippen MR) is 325 cm³/mol. The number of sulfone groups is 1. The van der Waals surface area contributed by atoms with Gasteiger partial charge in [0, 0.05) is 123 Å². The first kappa shape index (κ1) is 62.6. The second-order valence-electron chi connectivity index (χ2n) is 23.2. The third kappa shape index (κ3) is 14.9. The van der Waals surface area contributed by atoms with Crippen LogP contribution in [0.25, 0.3) is 5.57 Å². The van der Waals surface area contributed by atoms with E-state index in [0.717, 1.165) is 61.6 Å². The smallest absolute Gasteiger partial charge is 0.492 e. The topological polar surface area (TPSA) is 198 Å². The maximum absolute atomic E-state index is 14.5. The molecule has 4 aliphatic heterocycles. The van der Waals surface area contributed by atoms with Gasteiger partial charge in [0.25, 0.3) is 31.7 Å². The number of halogens is 4. The summed E-state index contributed by atoms with van der Waals surface area (Å²) in [5, 5.41) is 6.06. The number of fused-ring (bicyclic) bond motifs is 1. The molecule has 5 aromatic carbocycles. The van der Waals surface area contributed by atoms with Crippen molar-refractivity contribution in [2.75, 3.05) is 94.6 Å².